The molecule has 0 aliphatic heterocycles. The molecule has 0 spiro atoms. The Morgan fingerprint density at radius 1 is 0.933 bits per heavy atom. The Balaban J connectivity index is -0.000000180. The van der Waals surface area contributed by atoms with Crippen molar-refractivity contribution in [2.24, 2.45) is 0 Å². The predicted octanol–water partition coefficient (Wildman–Crippen LogP) is 2.49. The van der Waals surface area contributed by atoms with Crippen LogP contribution in [-0.4, -0.2) is 22.0 Å². The topological polar surface area (TPSA) is 18.5 Å². The van der Waals surface area contributed by atoms with E-state index in [0.29, 0.717) is 13.2 Å². The van der Waals surface area contributed by atoms with Gasteiger partial charge in [-0.3, -0.25) is 0 Å². The molecule has 0 aliphatic carbocycles. The number of hydrogen-bond donors (Lipinski definition) is 0. The van der Waals surface area contributed by atoms with Crippen LogP contribution in [0.5, 0.6) is 0 Å². The van der Waals surface area contributed by atoms with E-state index in [9.17, 15) is 0 Å². The van der Waals surface area contributed by atoms with Crippen LogP contribution in [-0.2, 0) is 54.2 Å². The molecule has 0 aromatic heterocycles. The van der Waals surface area contributed by atoms with Crippen molar-refractivity contribution in [3.63, 3.8) is 0 Å². The van der Waals surface area contributed by atoms with Gasteiger partial charge in [0.2, 0.25) is 0 Å². The van der Waals surface area contributed by atoms with Crippen molar-refractivity contribution < 1.29 is 29.0 Å². The van der Waals surface area contributed by atoms with Crippen LogP contribution in [0.25, 0.3) is 0 Å². The summed E-state index contributed by atoms with van der Waals surface area (Å²) in [4.78, 5) is 0. The minimum atomic E-state index is 0. The van der Waals surface area contributed by atoms with Gasteiger partial charge < -0.3 is 59.2 Å². The van der Waals surface area contributed by atoms with Crippen molar-refractivity contribution in [2.45, 2.75) is 26.7 Å². The van der Waals surface area contributed by atoms with E-state index in [-0.39, 0.29) is 28.2 Å². The van der Waals surface area contributed by atoms with Crippen molar-refractivity contribution >= 4 is 58.5 Å². The number of ether oxygens (including phenoxy) is 2. The number of hydrogen-bond acceptors (Lipinski definition) is 6. The fourth-order valence-electron chi connectivity index (χ4n) is 0.371. The van der Waals surface area contributed by atoms with Gasteiger partial charge in [-0.1, -0.05) is 13.8 Å². The van der Waals surface area contributed by atoms with E-state index in [2.05, 4.69) is 49.7 Å². The van der Waals surface area contributed by atoms with E-state index >= 15 is 0 Å². The third kappa shape index (κ3) is 31.3. The molecule has 2 nitrogen and oxygen atoms in total. The first-order chi connectivity index (χ1) is 6.54. The Morgan fingerprint density at radius 3 is 1.27 bits per heavy atom. The van der Waals surface area contributed by atoms with Gasteiger partial charge in [0.05, 0.1) is 13.2 Å². The van der Waals surface area contributed by atoms with Crippen LogP contribution in [0.15, 0.2) is 0 Å². The average Bonchev–Trinajstić information content (AvgIpc) is 2.12. The molecule has 0 unspecified atom stereocenters. The zero-order chi connectivity index (χ0) is 11.4. The molecular weight excluding hydrogens is 322 g/mol. The molecular formula is C8H14O2S4Zn. The molecule has 0 atom stereocenters. The molecule has 0 rings (SSSR count). The van der Waals surface area contributed by atoms with Gasteiger partial charge >= 0.3 is 19.5 Å². The molecule has 0 aromatic rings. The fraction of sp³-hybridized carbons (Fsp3) is 0.750. The molecule has 0 N–H and O–H groups in total. The summed E-state index contributed by atoms with van der Waals surface area (Å²) in [5.41, 5.74) is 0. The van der Waals surface area contributed by atoms with Crippen molar-refractivity contribution in [1.82, 2.24) is 0 Å². The van der Waals surface area contributed by atoms with E-state index in [1.807, 2.05) is 13.8 Å². The van der Waals surface area contributed by atoms with Gasteiger partial charge in [-0.2, -0.15) is 0 Å². The first kappa shape index (κ1) is 21.2. The third-order valence-electron chi connectivity index (χ3n) is 0.848. The maximum absolute atomic E-state index is 4.74. The summed E-state index contributed by atoms with van der Waals surface area (Å²) in [6.07, 6.45) is 1.94. The van der Waals surface area contributed by atoms with Crippen LogP contribution in [0.4, 0.5) is 0 Å². The zero-order valence-electron chi connectivity index (χ0n) is 8.99. The predicted molar refractivity (Wildman–Crippen MR) is 72.4 cm³/mol. The SMILES string of the molecule is CCCOC(=S)[S-].CCCOC(=S)[S-].[Zn+2]. The maximum Gasteiger partial charge on any atom is 2.00 e. The Labute approximate surface area is 126 Å². The molecule has 84 valence electrons. The summed E-state index contributed by atoms with van der Waals surface area (Å²) in [5, 5.41) is 0. The summed E-state index contributed by atoms with van der Waals surface area (Å²) >= 11 is 17.8. The van der Waals surface area contributed by atoms with Gasteiger partial charge in [0, 0.05) is 8.77 Å². The fourth-order valence-corrected chi connectivity index (χ4v) is 0.704. The summed E-state index contributed by atoms with van der Waals surface area (Å²) in [5.74, 6) is 0. The molecule has 0 bridgehead atoms. The van der Waals surface area contributed by atoms with E-state index in [0.717, 1.165) is 12.8 Å². The molecule has 0 aliphatic rings. The molecule has 0 saturated carbocycles. The van der Waals surface area contributed by atoms with Crippen LogP contribution in [0.2, 0.25) is 0 Å². The van der Waals surface area contributed by atoms with Crippen molar-refractivity contribution in [1.29, 1.82) is 0 Å². The second-order valence-electron chi connectivity index (χ2n) is 2.20. The first-order valence-corrected chi connectivity index (χ1v) is 5.85. The third-order valence-corrected chi connectivity index (χ3v) is 1.32. The van der Waals surface area contributed by atoms with E-state index in [1.54, 1.807) is 0 Å². The Hall–Kier alpha value is 0.843. The smallest absolute Gasteiger partial charge is 0.514 e. The Kier molecular flexibility index (Phi) is 24.3. The van der Waals surface area contributed by atoms with Crippen molar-refractivity contribution in [2.75, 3.05) is 13.2 Å². The molecule has 15 heavy (non-hydrogen) atoms. The molecule has 0 radical (unpaired) electrons. The van der Waals surface area contributed by atoms with Crippen LogP contribution in [0, 0.1) is 0 Å². The Morgan fingerprint density at radius 2 is 1.20 bits per heavy atom. The van der Waals surface area contributed by atoms with Crippen molar-refractivity contribution in [3.8, 4) is 0 Å². The zero-order valence-corrected chi connectivity index (χ0v) is 15.2. The van der Waals surface area contributed by atoms with Gasteiger partial charge in [0.25, 0.3) is 0 Å². The van der Waals surface area contributed by atoms with Gasteiger partial charge in [-0.05, 0) is 12.8 Å². The van der Waals surface area contributed by atoms with Crippen LogP contribution < -0.4 is 0 Å². The summed E-state index contributed by atoms with van der Waals surface area (Å²) in [6, 6.07) is 0. The Bertz CT molecular complexity index is 149. The molecule has 7 heteroatoms. The van der Waals surface area contributed by atoms with Crippen LogP contribution in [0.3, 0.4) is 0 Å². The summed E-state index contributed by atoms with van der Waals surface area (Å²) < 4.78 is 9.92. The van der Waals surface area contributed by atoms with Gasteiger partial charge in [0.15, 0.2) is 0 Å². The van der Waals surface area contributed by atoms with Gasteiger partial charge in [-0.25, -0.2) is 0 Å². The molecule has 0 amide bonds. The number of rotatable bonds is 4. The largest absolute Gasteiger partial charge is 2.00 e. The minimum absolute atomic E-state index is 0. The van der Waals surface area contributed by atoms with Crippen LogP contribution >= 0.6 is 24.4 Å². The molecule has 0 fully saturated rings. The van der Waals surface area contributed by atoms with E-state index in [4.69, 9.17) is 9.47 Å². The maximum atomic E-state index is 4.74. The second-order valence-corrected chi connectivity index (χ2v) is 4.20. The quantitative estimate of drug-likeness (QED) is 0.443. The van der Waals surface area contributed by atoms with Crippen molar-refractivity contribution in [3.05, 3.63) is 0 Å². The minimum Gasteiger partial charge on any atom is -0.514 e. The van der Waals surface area contributed by atoms with Gasteiger partial charge in [-0.15, -0.1) is 0 Å². The van der Waals surface area contributed by atoms with E-state index < -0.39 is 0 Å². The average molecular weight is 336 g/mol. The molecule has 0 aromatic carbocycles. The second kappa shape index (κ2) is 17.2. The monoisotopic (exact) mass is 334 g/mol. The van der Waals surface area contributed by atoms with E-state index in [1.165, 1.54) is 0 Å². The summed E-state index contributed by atoms with van der Waals surface area (Å²) in [7, 11) is 0. The molecule has 0 heterocycles. The van der Waals surface area contributed by atoms with Crippen LogP contribution in [0.1, 0.15) is 26.7 Å². The first-order valence-electron chi connectivity index (χ1n) is 4.22. The molecule has 0 saturated heterocycles. The standard InChI is InChI=1S/2C4H8OS2.Zn/c2*1-2-3-5-4(6)7;/h2*2-3H2,1H3,(H,6,7);/q;;+2/p-2. The summed E-state index contributed by atoms with van der Waals surface area (Å²) in [6.45, 7) is 5.33. The normalized spacial score (nSPS) is 7.60. The van der Waals surface area contributed by atoms with Gasteiger partial charge in [0.1, 0.15) is 0 Å². The number of thiocarbonyl (C=S) groups is 2.